The molecule has 1 aliphatic carbocycles. The Bertz CT molecular complexity index is 636. The third-order valence-electron chi connectivity index (χ3n) is 6.62. The molecule has 2 fully saturated rings. The Hall–Kier alpha value is -1.81. The second-order valence-corrected chi connectivity index (χ2v) is 7.99. The summed E-state index contributed by atoms with van der Waals surface area (Å²) < 4.78 is 0. The predicted octanol–water partition coefficient (Wildman–Crippen LogP) is 3.30. The Labute approximate surface area is 150 Å². The number of carbonyl (C=O) groups is 1. The van der Waals surface area contributed by atoms with E-state index in [1.165, 1.54) is 25.7 Å². The van der Waals surface area contributed by atoms with E-state index in [0.717, 1.165) is 31.6 Å². The standard InChI is InChI=1S/C21H29N3O/c1-20(11-7-2-3-8-12-20)23-15-13-21(14-16-23)19(25)22-17-24(21)18-9-5-4-6-10-18/h2-6,9-10H,7-8,11-17H2,1H3,(H,22,25). The van der Waals surface area contributed by atoms with E-state index in [-0.39, 0.29) is 17.0 Å². The Kier molecular flexibility index (Phi) is 4.32. The molecular formula is C21H29N3O. The van der Waals surface area contributed by atoms with Crippen LogP contribution in [0.2, 0.25) is 0 Å². The van der Waals surface area contributed by atoms with Crippen LogP contribution in [0.25, 0.3) is 0 Å². The number of hydrogen-bond donors (Lipinski definition) is 1. The van der Waals surface area contributed by atoms with Crippen LogP contribution in [0.3, 0.4) is 0 Å². The lowest BCUT2D eigenvalue weighted by Gasteiger charge is -2.49. The minimum Gasteiger partial charge on any atom is -0.339 e. The normalized spacial score (nSPS) is 25.8. The van der Waals surface area contributed by atoms with Gasteiger partial charge < -0.3 is 10.2 Å². The summed E-state index contributed by atoms with van der Waals surface area (Å²) in [6.07, 6.45) is 11.3. The fourth-order valence-electron chi connectivity index (χ4n) is 4.91. The molecule has 2 heterocycles. The molecule has 0 saturated carbocycles. The summed E-state index contributed by atoms with van der Waals surface area (Å²) in [7, 11) is 0. The summed E-state index contributed by atoms with van der Waals surface area (Å²) >= 11 is 0. The average molecular weight is 339 g/mol. The zero-order valence-corrected chi connectivity index (χ0v) is 15.2. The smallest absolute Gasteiger partial charge is 0.247 e. The van der Waals surface area contributed by atoms with Crippen molar-refractivity contribution in [2.24, 2.45) is 0 Å². The molecule has 2 aliphatic heterocycles. The van der Waals surface area contributed by atoms with Crippen LogP contribution in [-0.4, -0.2) is 41.6 Å². The molecule has 1 aromatic rings. The maximum atomic E-state index is 12.8. The summed E-state index contributed by atoms with van der Waals surface area (Å²) in [5.41, 5.74) is 1.06. The molecule has 0 unspecified atom stereocenters. The first-order valence-electron chi connectivity index (χ1n) is 9.65. The lowest BCUT2D eigenvalue weighted by Crippen LogP contribution is -2.60. The van der Waals surface area contributed by atoms with Gasteiger partial charge in [-0.2, -0.15) is 0 Å². The SMILES string of the molecule is CC1(N2CCC3(CC2)C(=O)NCN3c2ccccc2)CCC=CCC1. The first-order chi connectivity index (χ1) is 12.1. The molecule has 2 saturated heterocycles. The maximum Gasteiger partial charge on any atom is 0.247 e. The number of anilines is 1. The summed E-state index contributed by atoms with van der Waals surface area (Å²) in [4.78, 5) is 17.7. The van der Waals surface area contributed by atoms with Gasteiger partial charge in [0.2, 0.25) is 5.91 Å². The van der Waals surface area contributed by atoms with E-state index < -0.39 is 0 Å². The van der Waals surface area contributed by atoms with E-state index in [1.807, 2.05) is 6.07 Å². The monoisotopic (exact) mass is 339 g/mol. The van der Waals surface area contributed by atoms with Crippen LogP contribution in [0.15, 0.2) is 42.5 Å². The van der Waals surface area contributed by atoms with Crippen LogP contribution < -0.4 is 10.2 Å². The number of hydrogen-bond acceptors (Lipinski definition) is 3. The number of carbonyl (C=O) groups excluding carboxylic acids is 1. The van der Waals surface area contributed by atoms with Gasteiger partial charge in [0.15, 0.2) is 0 Å². The van der Waals surface area contributed by atoms with Crippen molar-refractivity contribution in [3.63, 3.8) is 0 Å². The van der Waals surface area contributed by atoms with Gasteiger partial charge in [-0.15, -0.1) is 0 Å². The largest absolute Gasteiger partial charge is 0.339 e. The Balaban J connectivity index is 1.52. The van der Waals surface area contributed by atoms with E-state index in [1.54, 1.807) is 0 Å². The number of allylic oxidation sites excluding steroid dienone is 2. The van der Waals surface area contributed by atoms with Gasteiger partial charge in [-0.05, 0) is 57.6 Å². The number of para-hydroxylation sites is 1. The number of piperidine rings is 1. The Morgan fingerprint density at radius 2 is 1.60 bits per heavy atom. The first-order valence-corrected chi connectivity index (χ1v) is 9.65. The van der Waals surface area contributed by atoms with Crippen molar-refractivity contribution in [2.75, 3.05) is 24.7 Å². The zero-order chi connectivity index (χ0) is 17.3. The van der Waals surface area contributed by atoms with E-state index >= 15 is 0 Å². The highest BCUT2D eigenvalue weighted by molar-refractivity contribution is 5.93. The third kappa shape index (κ3) is 2.86. The first kappa shape index (κ1) is 16.6. The lowest BCUT2D eigenvalue weighted by atomic mass is 9.81. The van der Waals surface area contributed by atoms with Gasteiger partial charge in [0.1, 0.15) is 5.54 Å². The van der Waals surface area contributed by atoms with E-state index in [4.69, 9.17) is 0 Å². The summed E-state index contributed by atoms with van der Waals surface area (Å²) in [6, 6.07) is 10.4. The molecule has 4 nitrogen and oxygen atoms in total. The van der Waals surface area contributed by atoms with E-state index in [2.05, 4.69) is 58.5 Å². The molecule has 1 spiro atoms. The van der Waals surface area contributed by atoms with Crippen molar-refractivity contribution in [2.45, 2.75) is 56.5 Å². The van der Waals surface area contributed by atoms with E-state index in [0.29, 0.717) is 6.67 Å². The molecular weight excluding hydrogens is 310 g/mol. The fraction of sp³-hybridized carbons (Fsp3) is 0.571. The average Bonchev–Trinajstić information content (AvgIpc) is 2.81. The van der Waals surface area contributed by atoms with Gasteiger partial charge in [-0.1, -0.05) is 30.4 Å². The molecule has 0 bridgehead atoms. The van der Waals surface area contributed by atoms with Gasteiger partial charge >= 0.3 is 0 Å². The molecule has 4 rings (SSSR count). The molecule has 1 N–H and O–H groups in total. The third-order valence-corrected chi connectivity index (χ3v) is 6.62. The van der Waals surface area contributed by atoms with Gasteiger partial charge in [-0.25, -0.2) is 0 Å². The number of nitrogens with zero attached hydrogens (tertiary/aromatic N) is 2. The number of amides is 1. The van der Waals surface area contributed by atoms with Crippen LogP contribution in [0.1, 0.15) is 45.4 Å². The van der Waals surface area contributed by atoms with Crippen LogP contribution in [0.4, 0.5) is 5.69 Å². The van der Waals surface area contributed by atoms with Crippen molar-refractivity contribution >= 4 is 11.6 Å². The molecule has 25 heavy (non-hydrogen) atoms. The molecule has 0 radical (unpaired) electrons. The molecule has 3 aliphatic rings. The predicted molar refractivity (Wildman–Crippen MR) is 101 cm³/mol. The van der Waals surface area contributed by atoms with Crippen molar-refractivity contribution in [3.8, 4) is 0 Å². The molecule has 0 aromatic heterocycles. The fourth-order valence-corrected chi connectivity index (χ4v) is 4.91. The van der Waals surface area contributed by atoms with Crippen LogP contribution in [0, 0.1) is 0 Å². The Morgan fingerprint density at radius 1 is 0.960 bits per heavy atom. The second-order valence-electron chi connectivity index (χ2n) is 7.99. The molecule has 1 amide bonds. The van der Waals surface area contributed by atoms with Crippen molar-refractivity contribution in [3.05, 3.63) is 42.5 Å². The topological polar surface area (TPSA) is 35.6 Å². The molecule has 134 valence electrons. The summed E-state index contributed by atoms with van der Waals surface area (Å²) in [5.74, 6) is 0.212. The summed E-state index contributed by atoms with van der Waals surface area (Å²) in [5, 5.41) is 3.10. The highest BCUT2D eigenvalue weighted by Crippen LogP contribution is 2.40. The maximum absolute atomic E-state index is 12.8. The molecule has 0 atom stereocenters. The van der Waals surface area contributed by atoms with Crippen LogP contribution in [0.5, 0.6) is 0 Å². The minimum absolute atomic E-state index is 0.212. The molecule has 4 heteroatoms. The van der Waals surface area contributed by atoms with Crippen LogP contribution >= 0.6 is 0 Å². The van der Waals surface area contributed by atoms with Gasteiger partial charge in [0.05, 0.1) is 6.67 Å². The highest BCUT2D eigenvalue weighted by Gasteiger charge is 2.51. The van der Waals surface area contributed by atoms with Crippen LogP contribution in [-0.2, 0) is 4.79 Å². The van der Waals surface area contributed by atoms with Gasteiger partial charge in [0.25, 0.3) is 0 Å². The number of nitrogens with one attached hydrogen (secondary N) is 1. The lowest BCUT2D eigenvalue weighted by molar-refractivity contribution is -0.125. The van der Waals surface area contributed by atoms with Crippen molar-refractivity contribution in [1.29, 1.82) is 0 Å². The molecule has 1 aromatic carbocycles. The highest BCUT2D eigenvalue weighted by atomic mass is 16.2. The second kappa shape index (κ2) is 6.49. The quantitative estimate of drug-likeness (QED) is 0.840. The van der Waals surface area contributed by atoms with E-state index in [9.17, 15) is 4.79 Å². The van der Waals surface area contributed by atoms with Gasteiger partial charge in [-0.3, -0.25) is 9.69 Å². The zero-order valence-electron chi connectivity index (χ0n) is 15.2. The number of rotatable bonds is 2. The minimum atomic E-state index is -0.364. The number of benzene rings is 1. The number of likely N-dealkylation sites (tertiary alicyclic amines) is 1. The van der Waals surface area contributed by atoms with Crippen molar-refractivity contribution in [1.82, 2.24) is 10.2 Å². The van der Waals surface area contributed by atoms with Crippen molar-refractivity contribution < 1.29 is 4.79 Å². The summed E-state index contributed by atoms with van der Waals surface area (Å²) in [6.45, 7) is 5.06. The Morgan fingerprint density at radius 3 is 2.24 bits per heavy atom. The van der Waals surface area contributed by atoms with Gasteiger partial charge in [0, 0.05) is 24.3 Å².